The van der Waals surface area contributed by atoms with Crippen LogP contribution in [0.3, 0.4) is 0 Å². The van der Waals surface area contributed by atoms with Gasteiger partial charge in [-0.05, 0) is 6.42 Å². The van der Waals surface area contributed by atoms with E-state index in [-0.39, 0.29) is 13.0 Å². The highest BCUT2D eigenvalue weighted by atomic mass is 16.6. The lowest BCUT2D eigenvalue weighted by molar-refractivity contribution is -0.570. The van der Waals surface area contributed by atoms with Gasteiger partial charge in [-0.1, -0.05) is 0 Å². The summed E-state index contributed by atoms with van der Waals surface area (Å²) in [4.78, 5) is 9.81. The van der Waals surface area contributed by atoms with E-state index in [9.17, 15) is 10.1 Å². The van der Waals surface area contributed by atoms with Crippen molar-refractivity contribution < 1.29 is 15.1 Å². The maximum Gasteiger partial charge on any atom is 0.242 e. The predicted octanol–water partition coefficient (Wildman–Crippen LogP) is -0.213. The van der Waals surface area contributed by atoms with Gasteiger partial charge < -0.3 is 10.2 Å². The van der Waals surface area contributed by atoms with Crippen molar-refractivity contribution in [3.05, 3.63) is 10.1 Å². The van der Waals surface area contributed by atoms with Crippen LogP contribution in [-0.4, -0.2) is 33.9 Å². The summed E-state index contributed by atoms with van der Waals surface area (Å²) in [6.45, 7) is 0.798. The number of hydrogen-bond donors (Lipinski definition) is 2. The monoisotopic (exact) mass is 163 g/mol. The van der Waals surface area contributed by atoms with Gasteiger partial charge in [0.15, 0.2) is 0 Å². The highest BCUT2D eigenvalue weighted by Gasteiger charge is 2.35. The first-order chi connectivity index (χ1) is 5.06. The molecule has 0 aliphatic carbocycles. The molecule has 0 rings (SSSR count). The van der Waals surface area contributed by atoms with Crippen LogP contribution >= 0.6 is 0 Å². The molecule has 1 unspecified atom stereocenters. The first-order valence-corrected chi connectivity index (χ1v) is 3.43. The van der Waals surface area contributed by atoms with Crippen molar-refractivity contribution in [3.8, 4) is 0 Å². The largest absolute Gasteiger partial charge is 0.396 e. The van der Waals surface area contributed by atoms with Gasteiger partial charge in [0.05, 0.1) is 0 Å². The third-order valence-electron chi connectivity index (χ3n) is 1.65. The maximum atomic E-state index is 10.3. The Hall–Kier alpha value is -0.680. The molecule has 0 aliphatic heterocycles. The first-order valence-electron chi connectivity index (χ1n) is 3.43. The van der Waals surface area contributed by atoms with Gasteiger partial charge in [0.25, 0.3) is 0 Å². The van der Waals surface area contributed by atoms with Gasteiger partial charge in [0.1, 0.15) is 6.61 Å². The zero-order chi connectivity index (χ0) is 8.91. The molecule has 0 saturated carbocycles. The molecule has 5 heteroatoms. The Morgan fingerprint density at radius 3 is 2.36 bits per heavy atom. The Morgan fingerprint density at radius 1 is 1.55 bits per heavy atom. The molecular weight excluding hydrogens is 150 g/mol. The molecule has 1 atom stereocenters. The molecule has 0 saturated heterocycles. The van der Waals surface area contributed by atoms with Crippen LogP contribution in [0, 0.1) is 10.1 Å². The topological polar surface area (TPSA) is 83.6 Å². The number of aliphatic hydroxyl groups excluding tert-OH is 2. The van der Waals surface area contributed by atoms with E-state index in [4.69, 9.17) is 10.2 Å². The second-order valence-electron chi connectivity index (χ2n) is 2.74. The highest BCUT2D eigenvalue weighted by molar-refractivity contribution is 4.71. The zero-order valence-corrected chi connectivity index (χ0v) is 6.49. The van der Waals surface area contributed by atoms with Crippen molar-refractivity contribution in [2.45, 2.75) is 25.3 Å². The van der Waals surface area contributed by atoms with Gasteiger partial charge in [-0.2, -0.15) is 0 Å². The molecule has 0 aromatic rings. The van der Waals surface area contributed by atoms with Crippen LogP contribution in [0.15, 0.2) is 0 Å². The average molecular weight is 163 g/mol. The van der Waals surface area contributed by atoms with E-state index >= 15 is 0 Å². The van der Waals surface area contributed by atoms with Crippen LogP contribution < -0.4 is 0 Å². The summed E-state index contributed by atoms with van der Waals surface area (Å²) in [5.41, 5.74) is -1.29. The van der Waals surface area contributed by atoms with Crippen molar-refractivity contribution in [1.82, 2.24) is 0 Å². The van der Waals surface area contributed by atoms with Gasteiger partial charge in [-0.3, -0.25) is 10.1 Å². The third kappa shape index (κ3) is 2.81. The molecule has 0 aromatic carbocycles. The van der Waals surface area contributed by atoms with Gasteiger partial charge in [-0.25, -0.2) is 0 Å². The number of nitro groups is 1. The predicted molar refractivity (Wildman–Crippen MR) is 38.8 cm³/mol. The SMILES string of the molecule is CC(CO)(CCCO)[N+](=O)[O-]. The number of nitrogens with zero attached hydrogens (tertiary/aromatic N) is 1. The lowest BCUT2D eigenvalue weighted by atomic mass is 9.98. The van der Waals surface area contributed by atoms with Crippen LogP contribution in [0.2, 0.25) is 0 Å². The fourth-order valence-electron chi connectivity index (χ4n) is 0.688. The fourth-order valence-corrected chi connectivity index (χ4v) is 0.688. The zero-order valence-electron chi connectivity index (χ0n) is 6.49. The Kier molecular flexibility index (Phi) is 3.99. The van der Waals surface area contributed by atoms with Gasteiger partial charge in [0, 0.05) is 24.9 Å². The summed E-state index contributed by atoms with van der Waals surface area (Å²) < 4.78 is 0. The summed E-state index contributed by atoms with van der Waals surface area (Å²) in [5.74, 6) is 0. The molecule has 0 radical (unpaired) electrons. The minimum atomic E-state index is -1.29. The molecule has 0 aliphatic rings. The summed E-state index contributed by atoms with van der Waals surface area (Å²) in [6, 6.07) is 0. The molecule has 0 amide bonds. The average Bonchev–Trinajstić information content (AvgIpc) is 2.00. The van der Waals surface area contributed by atoms with Crippen LogP contribution in [0.4, 0.5) is 0 Å². The Bertz CT molecular complexity index is 139. The highest BCUT2D eigenvalue weighted by Crippen LogP contribution is 2.14. The van der Waals surface area contributed by atoms with E-state index in [1.54, 1.807) is 0 Å². The summed E-state index contributed by atoms with van der Waals surface area (Å²) in [5, 5.41) is 27.4. The molecule has 0 heterocycles. The van der Waals surface area contributed by atoms with Crippen molar-refractivity contribution in [2.24, 2.45) is 0 Å². The standard InChI is InChI=1S/C6H13NO4/c1-6(5-9,7(10)11)3-2-4-8/h8-9H,2-5H2,1H3. The van der Waals surface area contributed by atoms with E-state index in [0.29, 0.717) is 6.42 Å². The van der Waals surface area contributed by atoms with Crippen LogP contribution in [0.25, 0.3) is 0 Å². The fraction of sp³-hybridized carbons (Fsp3) is 1.00. The van der Waals surface area contributed by atoms with Crippen LogP contribution in [0.1, 0.15) is 19.8 Å². The Labute approximate surface area is 64.8 Å². The van der Waals surface area contributed by atoms with E-state index in [0.717, 1.165) is 0 Å². The minimum absolute atomic E-state index is 0.0799. The van der Waals surface area contributed by atoms with Crippen molar-refractivity contribution in [2.75, 3.05) is 13.2 Å². The Balaban J connectivity index is 3.99. The summed E-state index contributed by atoms with van der Waals surface area (Å²) in [6.07, 6.45) is 0.547. The van der Waals surface area contributed by atoms with E-state index in [1.807, 2.05) is 0 Å². The number of hydrogen-bond acceptors (Lipinski definition) is 4. The molecule has 11 heavy (non-hydrogen) atoms. The molecule has 66 valence electrons. The lowest BCUT2D eigenvalue weighted by Crippen LogP contribution is -2.38. The van der Waals surface area contributed by atoms with Gasteiger partial charge >= 0.3 is 0 Å². The summed E-state index contributed by atoms with van der Waals surface area (Å²) >= 11 is 0. The molecule has 0 bridgehead atoms. The van der Waals surface area contributed by atoms with E-state index < -0.39 is 17.1 Å². The molecule has 5 nitrogen and oxygen atoms in total. The molecule has 2 N–H and O–H groups in total. The second kappa shape index (κ2) is 4.25. The normalized spacial score (nSPS) is 15.9. The van der Waals surface area contributed by atoms with Crippen LogP contribution in [0.5, 0.6) is 0 Å². The third-order valence-corrected chi connectivity index (χ3v) is 1.65. The van der Waals surface area contributed by atoms with E-state index in [1.165, 1.54) is 6.92 Å². The maximum absolute atomic E-state index is 10.3. The lowest BCUT2D eigenvalue weighted by Gasteiger charge is -2.16. The van der Waals surface area contributed by atoms with Gasteiger partial charge in [-0.15, -0.1) is 0 Å². The minimum Gasteiger partial charge on any atom is -0.396 e. The number of aliphatic hydroxyl groups is 2. The molecule has 0 fully saturated rings. The van der Waals surface area contributed by atoms with E-state index in [2.05, 4.69) is 0 Å². The molecule has 0 spiro atoms. The summed E-state index contributed by atoms with van der Waals surface area (Å²) in [7, 11) is 0. The molecule has 0 aromatic heterocycles. The molecular formula is C6H13NO4. The smallest absolute Gasteiger partial charge is 0.242 e. The van der Waals surface area contributed by atoms with Crippen molar-refractivity contribution in [1.29, 1.82) is 0 Å². The van der Waals surface area contributed by atoms with Crippen molar-refractivity contribution in [3.63, 3.8) is 0 Å². The van der Waals surface area contributed by atoms with Crippen LogP contribution in [-0.2, 0) is 0 Å². The van der Waals surface area contributed by atoms with Gasteiger partial charge in [0.2, 0.25) is 5.54 Å². The second-order valence-corrected chi connectivity index (χ2v) is 2.74. The van der Waals surface area contributed by atoms with Crippen molar-refractivity contribution >= 4 is 0 Å². The first kappa shape index (κ1) is 10.3. The number of rotatable bonds is 5. The Morgan fingerprint density at radius 2 is 2.09 bits per heavy atom. The quantitative estimate of drug-likeness (QED) is 0.433.